The third-order valence-corrected chi connectivity index (χ3v) is 9.37. The van der Waals surface area contributed by atoms with Gasteiger partial charge in [-0.1, -0.05) is 124 Å². The Kier molecular flexibility index (Phi) is 8.10. The van der Waals surface area contributed by atoms with Crippen molar-refractivity contribution in [3.05, 3.63) is 95.1 Å². The molecule has 0 saturated carbocycles. The van der Waals surface area contributed by atoms with Crippen LogP contribution >= 0.6 is 0 Å². The Morgan fingerprint density at radius 1 is 0.867 bits per heavy atom. The summed E-state index contributed by atoms with van der Waals surface area (Å²) < 4.78 is 0. The predicted molar refractivity (Wildman–Crippen MR) is 137 cm³/mol. The molecule has 1 heterocycles. The second-order valence-corrected chi connectivity index (χ2v) is 13.9. The largest absolute Gasteiger partial charge is 0.0857 e. The van der Waals surface area contributed by atoms with Crippen molar-refractivity contribution in [1.82, 2.24) is 0 Å². The molecule has 1 aliphatic rings. The maximum Gasteiger partial charge on any atom is 0.0857 e. The molecule has 158 valence electrons. The summed E-state index contributed by atoms with van der Waals surface area (Å²) in [4.78, 5) is 0. The number of allylic oxidation sites excluding steroid dienone is 5. The molecule has 0 nitrogen and oxygen atoms in total. The van der Waals surface area contributed by atoms with Crippen LogP contribution in [0.25, 0.3) is 10.8 Å². The predicted octanol–water partition coefficient (Wildman–Crippen LogP) is 9.09. The molecule has 0 amide bonds. The van der Waals surface area contributed by atoms with Crippen molar-refractivity contribution < 1.29 is 0 Å². The normalized spacial score (nSPS) is 17.7. The summed E-state index contributed by atoms with van der Waals surface area (Å²) in [7, 11) is -1.51. The molecule has 0 atom stereocenters. The van der Waals surface area contributed by atoms with E-state index in [2.05, 4.69) is 99.8 Å². The van der Waals surface area contributed by atoms with Gasteiger partial charge in [0.15, 0.2) is 0 Å². The van der Waals surface area contributed by atoms with Gasteiger partial charge in [0.25, 0.3) is 0 Å². The first kappa shape index (κ1) is 22.6. The number of rotatable bonds is 9. The Morgan fingerprint density at radius 2 is 1.50 bits per heavy atom. The molecule has 0 N–H and O–H groups in total. The molecule has 0 radical (unpaired) electrons. The Balaban J connectivity index is 2.15. The zero-order chi connectivity index (χ0) is 21.4. The van der Waals surface area contributed by atoms with Crippen molar-refractivity contribution in [2.75, 3.05) is 0 Å². The van der Waals surface area contributed by atoms with Crippen molar-refractivity contribution >= 4 is 18.8 Å². The summed E-state index contributed by atoms with van der Waals surface area (Å²) in [6.07, 6.45) is 12.5. The van der Waals surface area contributed by atoms with Crippen LogP contribution < -0.4 is 0 Å². The molecule has 0 unspecified atom stereocenters. The van der Waals surface area contributed by atoms with Gasteiger partial charge in [-0.25, -0.2) is 0 Å². The lowest BCUT2D eigenvalue weighted by Crippen LogP contribution is -2.24. The van der Waals surface area contributed by atoms with E-state index in [9.17, 15) is 0 Å². The number of unbranched alkanes of at least 4 members (excludes halogenated alkanes) is 3. The minimum absolute atomic E-state index is 1.18. The molecule has 0 saturated heterocycles. The third kappa shape index (κ3) is 5.52. The van der Waals surface area contributed by atoms with E-state index >= 15 is 0 Å². The van der Waals surface area contributed by atoms with Crippen LogP contribution in [0.4, 0.5) is 0 Å². The van der Waals surface area contributed by atoms with E-state index in [1.807, 2.05) is 0 Å². The molecule has 0 fully saturated rings. The van der Waals surface area contributed by atoms with E-state index in [0.29, 0.717) is 0 Å². The number of benzene rings is 2. The highest BCUT2D eigenvalue weighted by atomic mass is 28.3. The van der Waals surface area contributed by atoms with E-state index < -0.39 is 8.07 Å². The average molecular weight is 415 g/mol. The van der Waals surface area contributed by atoms with Crippen molar-refractivity contribution in [2.24, 2.45) is 0 Å². The van der Waals surface area contributed by atoms with Gasteiger partial charge in [0.1, 0.15) is 0 Å². The average Bonchev–Trinajstić information content (AvgIpc) is 3.08. The van der Waals surface area contributed by atoms with Crippen LogP contribution in [0.1, 0.15) is 63.5 Å². The van der Waals surface area contributed by atoms with Gasteiger partial charge in [0.2, 0.25) is 0 Å². The van der Waals surface area contributed by atoms with Crippen LogP contribution in [0.2, 0.25) is 19.1 Å². The van der Waals surface area contributed by atoms with Crippen LogP contribution in [0, 0.1) is 0 Å². The van der Waals surface area contributed by atoms with Gasteiger partial charge in [-0.05, 0) is 53.2 Å². The van der Waals surface area contributed by atoms with Gasteiger partial charge >= 0.3 is 0 Å². The van der Waals surface area contributed by atoms with Gasteiger partial charge in [0, 0.05) is 0 Å². The molecule has 1 aliphatic heterocycles. The molecule has 1 heteroatoms. The zero-order valence-corrected chi connectivity index (χ0v) is 20.4. The summed E-state index contributed by atoms with van der Waals surface area (Å²) >= 11 is 0. The monoisotopic (exact) mass is 414 g/mol. The lowest BCUT2D eigenvalue weighted by molar-refractivity contribution is 0.780. The fourth-order valence-corrected chi connectivity index (χ4v) is 7.54. The molecule has 0 aromatic heterocycles. The van der Waals surface area contributed by atoms with Crippen LogP contribution in [-0.2, 0) is 0 Å². The van der Waals surface area contributed by atoms with E-state index in [4.69, 9.17) is 0 Å². The summed E-state index contributed by atoms with van der Waals surface area (Å²) in [5.74, 6) is 0. The summed E-state index contributed by atoms with van der Waals surface area (Å²) in [5.41, 5.74) is 7.47. The summed E-state index contributed by atoms with van der Waals surface area (Å²) in [5, 5.41) is 1.61. The first-order valence-electron chi connectivity index (χ1n) is 11.8. The highest BCUT2D eigenvalue weighted by Gasteiger charge is 2.34. The van der Waals surface area contributed by atoms with Crippen molar-refractivity contribution in [1.29, 1.82) is 0 Å². The lowest BCUT2D eigenvalue weighted by Gasteiger charge is -2.21. The lowest BCUT2D eigenvalue weighted by atomic mass is 9.89. The van der Waals surface area contributed by atoms with E-state index in [0.717, 1.165) is 0 Å². The van der Waals surface area contributed by atoms with Crippen LogP contribution in [0.15, 0.2) is 84.0 Å². The molecule has 0 bridgehead atoms. The standard InChI is InChI=1S/C29H38Si/c1-5-7-11-19-25(16-8-6-2)29(26-20-14-10-15-21-26)27-22-28(30(3,4)23-27)24-17-12-9-13-18-24/h9-10,12-15,17-22H,5-8,11,16,23H2,1-4H3/b25-19+,29-27-. The van der Waals surface area contributed by atoms with Crippen molar-refractivity contribution in [3.63, 3.8) is 0 Å². The highest BCUT2D eigenvalue weighted by molar-refractivity contribution is 6.96. The van der Waals surface area contributed by atoms with E-state index in [1.54, 1.807) is 16.3 Å². The first-order valence-corrected chi connectivity index (χ1v) is 15.0. The zero-order valence-electron chi connectivity index (χ0n) is 19.4. The quantitative estimate of drug-likeness (QED) is 0.283. The molecule has 2 aromatic carbocycles. The van der Waals surface area contributed by atoms with Gasteiger partial charge < -0.3 is 0 Å². The van der Waals surface area contributed by atoms with Gasteiger partial charge in [0.05, 0.1) is 8.07 Å². The fraction of sp³-hybridized carbons (Fsp3) is 0.379. The van der Waals surface area contributed by atoms with Gasteiger partial charge in [-0.15, -0.1) is 0 Å². The Bertz CT molecular complexity index is 898. The Morgan fingerprint density at radius 3 is 2.13 bits per heavy atom. The molecule has 30 heavy (non-hydrogen) atoms. The second kappa shape index (κ2) is 10.8. The van der Waals surface area contributed by atoms with Gasteiger partial charge in [-0.3, -0.25) is 0 Å². The second-order valence-electron chi connectivity index (χ2n) is 9.23. The van der Waals surface area contributed by atoms with Crippen molar-refractivity contribution in [3.8, 4) is 0 Å². The van der Waals surface area contributed by atoms with Crippen LogP contribution in [-0.4, -0.2) is 8.07 Å². The minimum atomic E-state index is -1.51. The maximum atomic E-state index is 2.56. The minimum Gasteiger partial charge on any atom is -0.0807 e. The number of hydrogen-bond donors (Lipinski definition) is 0. The molecule has 3 rings (SSSR count). The molecule has 0 aliphatic carbocycles. The summed E-state index contributed by atoms with van der Waals surface area (Å²) in [6.45, 7) is 9.66. The van der Waals surface area contributed by atoms with E-state index in [-0.39, 0.29) is 0 Å². The third-order valence-electron chi connectivity index (χ3n) is 6.22. The Labute approximate surface area is 185 Å². The highest BCUT2D eigenvalue weighted by Crippen LogP contribution is 2.44. The van der Waals surface area contributed by atoms with Crippen molar-refractivity contribution in [2.45, 2.75) is 71.5 Å². The molecule has 2 aromatic rings. The van der Waals surface area contributed by atoms with E-state index in [1.165, 1.54) is 61.3 Å². The van der Waals surface area contributed by atoms with Crippen LogP contribution in [0.5, 0.6) is 0 Å². The maximum absolute atomic E-state index is 2.56. The SMILES string of the molecule is CCCC/C=C(CCCC)/C(=C1\C=C(c2ccccc2)[Si](C)(C)C1)c1ccccc1. The fourth-order valence-electron chi connectivity index (χ4n) is 4.60. The smallest absolute Gasteiger partial charge is 0.0807 e. The molecule has 0 spiro atoms. The molecular weight excluding hydrogens is 376 g/mol. The van der Waals surface area contributed by atoms with Crippen LogP contribution in [0.3, 0.4) is 0 Å². The first-order chi connectivity index (χ1) is 14.6. The number of hydrogen-bond acceptors (Lipinski definition) is 0. The topological polar surface area (TPSA) is 0 Å². The summed E-state index contributed by atoms with van der Waals surface area (Å²) in [6, 6.07) is 23.4. The van der Waals surface area contributed by atoms with Gasteiger partial charge in [-0.2, -0.15) is 0 Å². The molecular formula is C29H38Si. The Hall–Kier alpha value is -2.12.